The summed E-state index contributed by atoms with van der Waals surface area (Å²) in [6.07, 6.45) is 0.806. The molecule has 3 heterocycles. The highest BCUT2D eigenvalue weighted by Gasteiger charge is 2.27. The number of hydrogen-bond acceptors (Lipinski definition) is 6. The molecule has 1 aliphatic heterocycles. The van der Waals surface area contributed by atoms with Crippen LogP contribution in [0.15, 0.2) is 45.3 Å². The van der Waals surface area contributed by atoms with Crippen molar-refractivity contribution in [1.82, 2.24) is 4.98 Å². The van der Waals surface area contributed by atoms with E-state index in [9.17, 15) is 8.42 Å². The van der Waals surface area contributed by atoms with E-state index < -0.39 is 10.0 Å². The molecule has 130 valence electrons. The first kappa shape index (κ1) is 16.7. The molecular formula is C17H17N3O2S3. The van der Waals surface area contributed by atoms with Gasteiger partial charge in [0.05, 0.1) is 17.1 Å². The van der Waals surface area contributed by atoms with Crippen LogP contribution in [0.5, 0.6) is 0 Å². The van der Waals surface area contributed by atoms with E-state index in [1.165, 1.54) is 0 Å². The van der Waals surface area contributed by atoms with Gasteiger partial charge in [-0.1, -0.05) is 0 Å². The van der Waals surface area contributed by atoms with Gasteiger partial charge < -0.3 is 4.90 Å². The molecule has 1 aromatic carbocycles. The molecule has 25 heavy (non-hydrogen) atoms. The van der Waals surface area contributed by atoms with Crippen molar-refractivity contribution in [3.8, 4) is 10.6 Å². The third-order valence-corrected chi connectivity index (χ3v) is 6.92. The molecule has 1 atom stereocenters. The molecule has 1 aliphatic rings. The van der Waals surface area contributed by atoms with Crippen LogP contribution in [0.25, 0.3) is 10.6 Å². The molecule has 0 fully saturated rings. The van der Waals surface area contributed by atoms with Gasteiger partial charge in [0.25, 0.3) is 0 Å². The van der Waals surface area contributed by atoms with Gasteiger partial charge in [0.1, 0.15) is 5.01 Å². The first-order valence-electron chi connectivity index (χ1n) is 7.81. The Morgan fingerprint density at radius 2 is 2.16 bits per heavy atom. The average Bonchev–Trinajstić information content (AvgIpc) is 3.27. The van der Waals surface area contributed by atoms with Gasteiger partial charge in [0, 0.05) is 28.1 Å². The lowest BCUT2D eigenvalue weighted by atomic mass is 10.1. The fourth-order valence-corrected chi connectivity index (χ4v) is 5.25. The van der Waals surface area contributed by atoms with E-state index in [0.717, 1.165) is 33.9 Å². The van der Waals surface area contributed by atoms with Crippen molar-refractivity contribution in [1.29, 1.82) is 0 Å². The molecule has 2 aromatic heterocycles. The van der Waals surface area contributed by atoms with Crippen LogP contribution in [0, 0.1) is 0 Å². The molecule has 2 N–H and O–H groups in total. The van der Waals surface area contributed by atoms with Gasteiger partial charge in [-0.25, -0.2) is 18.5 Å². The predicted octanol–water partition coefficient (Wildman–Crippen LogP) is 3.47. The van der Waals surface area contributed by atoms with Crippen LogP contribution in [-0.2, 0) is 23.0 Å². The summed E-state index contributed by atoms with van der Waals surface area (Å²) in [4.78, 5) is 7.20. The summed E-state index contributed by atoms with van der Waals surface area (Å²) in [6, 6.07) is 7.49. The molecule has 0 amide bonds. The number of hydrogen-bond donors (Lipinski definition) is 1. The first-order chi connectivity index (χ1) is 11.9. The fraction of sp³-hybridized carbons (Fsp3) is 0.235. The number of primary sulfonamides is 1. The molecule has 0 saturated heterocycles. The Labute approximate surface area is 154 Å². The monoisotopic (exact) mass is 391 g/mol. The maximum Gasteiger partial charge on any atom is 0.238 e. The summed E-state index contributed by atoms with van der Waals surface area (Å²) in [5, 5.41) is 12.5. The lowest BCUT2D eigenvalue weighted by Gasteiger charge is -2.24. The number of aromatic nitrogens is 1. The van der Waals surface area contributed by atoms with Crippen molar-refractivity contribution in [2.75, 3.05) is 4.90 Å². The Balaban J connectivity index is 1.60. The van der Waals surface area contributed by atoms with E-state index in [-0.39, 0.29) is 10.9 Å². The molecule has 0 saturated carbocycles. The first-order valence-corrected chi connectivity index (χ1v) is 11.2. The van der Waals surface area contributed by atoms with E-state index in [0.29, 0.717) is 6.54 Å². The smallest absolute Gasteiger partial charge is 0.238 e. The highest BCUT2D eigenvalue weighted by atomic mass is 32.2. The third kappa shape index (κ3) is 3.22. The minimum atomic E-state index is -3.67. The van der Waals surface area contributed by atoms with Gasteiger partial charge in [0.2, 0.25) is 10.0 Å². The van der Waals surface area contributed by atoms with Gasteiger partial charge in [-0.05, 0) is 48.6 Å². The highest BCUT2D eigenvalue weighted by Crippen LogP contribution is 2.35. The minimum Gasteiger partial charge on any atom is -0.362 e. The second kappa shape index (κ2) is 6.21. The van der Waals surface area contributed by atoms with E-state index in [4.69, 9.17) is 10.1 Å². The Hall–Kier alpha value is -1.74. The quantitative estimate of drug-likeness (QED) is 0.739. The minimum absolute atomic E-state index is 0.175. The average molecular weight is 392 g/mol. The summed E-state index contributed by atoms with van der Waals surface area (Å²) in [5.41, 5.74) is 4.27. The van der Waals surface area contributed by atoms with Crippen molar-refractivity contribution in [3.05, 3.63) is 51.7 Å². The molecule has 1 unspecified atom stereocenters. The number of rotatable bonds is 4. The van der Waals surface area contributed by atoms with Gasteiger partial charge in [-0.3, -0.25) is 0 Å². The summed E-state index contributed by atoms with van der Waals surface area (Å²) in [5.74, 6) is 0. The molecular weight excluding hydrogens is 374 g/mol. The van der Waals surface area contributed by atoms with Crippen molar-refractivity contribution < 1.29 is 8.42 Å². The zero-order valence-corrected chi connectivity index (χ0v) is 16.0. The van der Waals surface area contributed by atoms with Crippen LogP contribution in [0.1, 0.15) is 18.2 Å². The van der Waals surface area contributed by atoms with E-state index in [2.05, 4.69) is 34.0 Å². The van der Waals surface area contributed by atoms with Crippen LogP contribution in [0.3, 0.4) is 0 Å². The number of nitrogens with zero attached hydrogens (tertiary/aromatic N) is 2. The summed E-state index contributed by atoms with van der Waals surface area (Å²) in [7, 11) is -3.67. The molecule has 0 spiro atoms. The lowest BCUT2D eigenvalue weighted by molar-refractivity contribution is 0.597. The standard InChI is InChI=1S/C17H17N3O2S3/c1-11-6-13-7-15(25(18,21)22)2-3-16(13)20(11)8-14-10-24-17(19-14)12-4-5-23-9-12/h2-5,7,9-11H,6,8H2,1H3,(H2,18,21,22). The van der Waals surface area contributed by atoms with Crippen LogP contribution in [-0.4, -0.2) is 19.4 Å². The Kier molecular flexibility index (Phi) is 4.15. The van der Waals surface area contributed by atoms with Gasteiger partial charge in [-0.2, -0.15) is 11.3 Å². The Bertz CT molecular complexity index is 1010. The van der Waals surface area contributed by atoms with Crippen LogP contribution >= 0.6 is 22.7 Å². The number of benzene rings is 1. The fourth-order valence-electron chi connectivity index (χ4n) is 3.16. The highest BCUT2D eigenvalue weighted by molar-refractivity contribution is 7.89. The van der Waals surface area contributed by atoms with Crippen molar-refractivity contribution in [2.24, 2.45) is 5.14 Å². The molecule has 8 heteroatoms. The largest absolute Gasteiger partial charge is 0.362 e. The third-order valence-electron chi connectivity index (χ3n) is 4.39. The predicted molar refractivity (Wildman–Crippen MR) is 103 cm³/mol. The van der Waals surface area contributed by atoms with Crippen molar-refractivity contribution in [2.45, 2.75) is 30.8 Å². The van der Waals surface area contributed by atoms with Crippen LogP contribution in [0.2, 0.25) is 0 Å². The lowest BCUT2D eigenvalue weighted by Crippen LogP contribution is -2.28. The van der Waals surface area contributed by atoms with E-state index in [1.54, 1.807) is 34.8 Å². The topological polar surface area (TPSA) is 76.3 Å². The maximum atomic E-state index is 11.6. The number of nitrogens with two attached hydrogens (primary N) is 1. The Morgan fingerprint density at radius 3 is 2.88 bits per heavy atom. The molecule has 0 bridgehead atoms. The summed E-state index contributed by atoms with van der Waals surface area (Å²) >= 11 is 3.32. The number of thiazole rings is 1. The molecule has 0 radical (unpaired) electrons. The maximum absolute atomic E-state index is 11.6. The molecule has 0 aliphatic carbocycles. The summed E-state index contributed by atoms with van der Waals surface area (Å²) in [6.45, 7) is 2.85. The van der Waals surface area contributed by atoms with Gasteiger partial charge >= 0.3 is 0 Å². The Morgan fingerprint density at radius 1 is 1.32 bits per heavy atom. The molecule has 5 nitrogen and oxygen atoms in total. The molecule has 4 rings (SSSR count). The zero-order valence-electron chi connectivity index (χ0n) is 13.5. The number of thiophene rings is 1. The SMILES string of the molecule is CC1Cc2cc(S(N)(=O)=O)ccc2N1Cc1csc(-c2ccsc2)n1. The van der Waals surface area contributed by atoms with Gasteiger partial charge in [0.15, 0.2) is 0 Å². The summed E-state index contributed by atoms with van der Waals surface area (Å²) < 4.78 is 23.1. The van der Waals surface area contributed by atoms with E-state index >= 15 is 0 Å². The van der Waals surface area contributed by atoms with Crippen molar-refractivity contribution in [3.63, 3.8) is 0 Å². The normalized spacial score (nSPS) is 17.0. The second-order valence-corrected chi connectivity index (χ2v) is 9.37. The second-order valence-electron chi connectivity index (χ2n) is 6.17. The molecule has 3 aromatic rings. The zero-order chi connectivity index (χ0) is 17.6. The van der Waals surface area contributed by atoms with Crippen LogP contribution < -0.4 is 10.0 Å². The van der Waals surface area contributed by atoms with E-state index in [1.807, 2.05) is 6.07 Å². The number of fused-ring (bicyclic) bond motifs is 1. The number of sulfonamides is 1. The van der Waals surface area contributed by atoms with Gasteiger partial charge in [-0.15, -0.1) is 11.3 Å². The van der Waals surface area contributed by atoms with Crippen molar-refractivity contribution >= 4 is 38.4 Å². The number of anilines is 1. The van der Waals surface area contributed by atoms with Crippen LogP contribution in [0.4, 0.5) is 5.69 Å².